The van der Waals surface area contributed by atoms with Gasteiger partial charge >= 0.3 is 0 Å². The number of nitrogens with zero attached hydrogens (tertiary/aromatic N) is 4. The van der Waals surface area contributed by atoms with Crippen molar-refractivity contribution >= 4 is 11.0 Å². The lowest BCUT2D eigenvalue weighted by atomic mass is 9.97. The molecular weight excluding hydrogens is 338 g/mol. The maximum Gasteiger partial charge on any atom is 0.195 e. The first-order valence-electron chi connectivity index (χ1n) is 9.37. The Morgan fingerprint density at radius 1 is 1.11 bits per heavy atom. The monoisotopic (exact) mass is 359 g/mol. The van der Waals surface area contributed by atoms with Crippen LogP contribution >= 0.6 is 0 Å². The van der Waals surface area contributed by atoms with E-state index >= 15 is 0 Å². The summed E-state index contributed by atoms with van der Waals surface area (Å²) in [7, 11) is 0. The van der Waals surface area contributed by atoms with Gasteiger partial charge in [0.15, 0.2) is 11.6 Å². The first-order valence-corrected chi connectivity index (χ1v) is 9.37. The number of piperidine rings is 1. The third-order valence-electron chi connectivity index (χ3n) is 5.15. The largest absolute Gasteiger partial charge is 0.461 e. The molecule has 1 fully saturated rings. The number of H-pyrrole nitrogens is 1. The molecule has 27 heavy (non-hydrogen) atoms. The third kappa shape index (κ3) is 3.36. The molecule has 0 unspecified atom stereocenters. The minimum Gasteiger partial charge on any atom is -0.461 e. The van der Waals surface area contributed by atoms with Crippen LogP contribution in [-0.4, -0.2) is 37.9 Å². The highest BCUT2D eigenvalue weighted by Gasteiger charge is 2.24. The Kier molecular flexibility index (Phi) is 4.18. The van der Waals surface area contributed by atoms with Crippen molar-refractivity contribution in [2.75, 3.05) is 13.1 Å². The van der Waals surface area contributed by atoms with Gasteiger partial charge in [0.25, 0.3) is 0 Å². The molecule has 136 valence electrons. The van der Waals surface area contributed by atoms with Gasteiger partial charge in [0.2, 0.25) is 0 Å². The molecule has 0 saturated carbocycles. The molecule has 4 heterocycles. The van der Waals surface area contributed by atoms with Gasteiger partial charge in [0.05, 0.1) is 17.3 Å². The first-order chi connectivity index (χ1) is 13.3. The zero-order valence-corrected chi connectivity index (χ0v) is 15.0. The highest BCUT2D eigenvalue weighted by atomic mass is 16.3. The molecule has 5 rings (SSSR count). The summed E-state index contributed by atoms with van der Waals surface area (Å²) in [5, 5.41) is 0. The highest BCUT2D eigenvalue weighted by Crippen LogP contribution is 2.27. The van der Waals surface area contributed by atoms with Crippen molar-refractivity contribution in [2.24, 2.45) is 0 Å². The predicted octanol–water partition coefficient (Wildman–Crippen LogP) is 3.99. The summed E-state index contributed by atoms with van der Waals surface area (Å²) < 4.78 is 5.35. The van der Waals surface area contributed by atoms with Crippen LogP contribution in [0.5, 0.6) is 0 Å². The number of hydrogen-bond acceptors (Lipinski definition) is 5. The van der Waals surface area contributed by atoms with E-state index in [4.69, 9.17) is 9.40 Å². The van der Waals surface area contributed by atoms with Crippen LogP contribution in [0.2, 0.25) is 0 Å². The van der Waals surface area contributed by atoms with Crippen LogP contribution in [0.15, 0.2) is 59.5 Å². The van der Waals surface area contributed by atoms with E-state index in [0.29, 0.717) is 17.5 Å². The molecule has 0 aliphatic carbocycles. The van der Waals surface area contributed by atoms with E-state index in [2.05, 4.69) is 32.0 Å². The summed E-state index contributed by atoms with van der Waals surface area (Å²) in [5.74, 6) is 2.87. The van der Waals surface area contributed by atoms with Crippen molar-refractivity contribution in [3.63, 3.8) is 0 Å². The molecule has 6 heteroatoms. The zero-order chi connectivity index (χ0) is 18.1. The number of nitrogens with one attached hydrogen (secondary N) is 1. The van der Waals surface area contributed by atoms with Crippen molar-refractivity contribution < 1.29 is 4.42 Å². The number of benzene rings is 1. The lowest BCUT2D eigenvalue weighted by Crippen LogP contribution is -2.34. The maximum absolute atomic E-state index is 5.35. The molecular formula is C21H21N5O. The van der Waals surface area contributed by atoms with Crippen LogP contribution in [0.4, 0.5) is 0 Å². The van der Waals surface area contributed by atoms with E-state index in [1.54, 1.807) is 6.26 Å². The van der Waals surface area contributed by atoms with E-state index in [9.17, 15) is 0 Å². The van der Waals surface area contributed by atoms with Crippen molar-refractivity contribution in [3.8, 4) is 11.6 Å². The fourth-order valence-corrected chi connectivity index (χ4v) is 3.82. The van der Waals surface area contributed by atoms with E-state index in [1.807, 2.05) is 36.7 Å². The Bertz CT molecular complexity index is 989. The number of furan rings is 1. The van der Waals surface area contributed by atoms with E-state index in [1.165, 1.54) is 12.8 Å². The summed E-state index contributed by atoms with van der Waals surface area (Å²) in [4.78, 5) is 19.7. The van der Waals surface area contributed by atoms with Crippen LogP contribution in [0.3, 0.4) is 0 Å². The van der Waals surface area contributed by atoms with Crippen molar-refractivity contribution in [1.82, 2.24) is 24.8 Å². The minimum absolute atomic E-state index is 0.439. The quantitative estimate of drug-likeness (QED) is 0.596. The number of likely N-dealkylation sites (tertiary alicyclic amines) is 1. The fourth-order valence-electron chi connectivity index (χ4n) is 3.82. The molecule has 6 nitrogen and oxygen atoms in total. The fraction of sp³-hybridized carbons (Fsp3) is 0.286. The minimum atomic E-state index is 0.439. The van der Waals surface area contributed by atoms with Gasteiger partial charge in [-0.2, -0.15) is 0 Å². The number of fused-ring (bicyclic) bond motifs is 1. The van der Waals surface area contributed by atoms with Gasteiger partial charge < -0.3 is 9.40 Å². The maximum atomic E-state index is 5.35. The molecule has 1 saturated heterocycles. The van der Waals surface area contributed by atoms with Crippen molar-refractivity contribution in [3.05, 3.63) is 66.4 Å². The van der Waals surface area contributed by atoms with Gasteiger partial charge in [-0.25, -0.2) is 15.0 Å². The summed E-state index contributed by atoms with van der Waals surface area (Å²) in [6, 6.07) is 11.9. The molecule has 1 aliphatic heterocycles. The molecule has 1 atom stereocenters. The van der Waals surface area contributed by atoms with Crippen LogP contribution in [0, 0.1) is 0 Å². The molecule has 0 bridgehead atoms. The Labute approximate surface area is 157 Å². The topological polar surface area (TPSA) is 70.8 Å². The summed E-state index contributed by atoms with van der Waals surface area (Å²) in [6.45, 7) is 2.95. The second-order valence-electron chi connectivity index (χ2n) is 7.11. The number of hydrogen-bond donors (Lipinski definition) is 1. The van der Waals surface area contributed by atoms with Crippen molar-refractivity contribution in [1.29, 1.82) is 0 Å². The molecule has 1 N–H and O–H groups in total. The summed E-state index contributed by atoms with van der Waals surface area (Å²) in [6.07, 6.45) is 7.78. The van der Waals surface area contributed by atoms with E-state index in [-0.39, 0.29) is 0 Å². The van der Waals surface area contributed by atoms with Gasteiger partial charge in [0.1, 0.15) is 5.82 Å². The molecule has 3 aromatic heterocycles. The van der Waals surface area contributed by atoms with Gasteiger partial charge in [-0.05, 0) is 43.7 Å². The Morgan fingerprint density at radius 2 is 2.00 bits per heavy atom. The Morgan fingerprint density at radius 3 is 2.81 bits per heavy atom. The van der Waals surface area contributed by atoms with Gasteiger partial charge in [-0.1, -0.05) is 12.1 Å². The summed E-state index contributed by atoms with van der Waals surface area (Å²) in [5.41, 5.74) is 3.29. The molecule has 0 amide bonds. The number of aromatic nitrogens is 4. The second-order valence-corrected chi connectivity index (χ2v) is 7.11. The van der Waals surface area contributed by atoms with Gasteiger partial charge in [-0.15, -0.1) is 0 Å². The predicted molar refractivity (Wildman–Crippen MR) is 103 cm³/mol. The number of aromatic amines is 1. The first kappa shape index (κ1) is 16.2. The standard InChI is InChI=1S/C21H21N5O/c1-2-7-18-17(6-1)24-20(25-18)16-5-3-9-26(14-16)13-15-11-22-21(23-12-15)19-8-4-10-27-19/h1-2,4,6-8,10-12,16H,3,5,9,13-14H2,(H,24,25)/t16-/m0/s1. The van der Waals surface area contributed by atoms with Crippen LogP contribution < -0.4 is 0 Å². The Balaban J connectivity index is 1.28. The second kappa shape index (κ2) is 6.96. The number of imidazole rings is 1. The molecule has 1 aromatic carbocycles. The lowest BCUT2D eigenvalue weighted by Gasteiger charge is -2.31. The normalized spacial score (nSPS) is 18.1. The summed E-state index contributed by atoms with van der Waals surface area (Å²) >= 11 is 0. The molecule has 0 spiro atoms. The van der Waals surface area contributed by atoms with Crippen LogP contribution in [0.25, 0.3) is 22.6 Å². The van der Waals surface area contributed by atoms with Crippen molar-refractivity contribution in [2.45, 2.75) is 25.3 Å². The van der Waals surface area contributed by atoms with E-state index < -0.39 is 0 Å². The number of para-hydroxylation sites is 2. The molecule has 4 aromatic rings. The smallest absolute Gasteiger partial charge is 0.195 e. The van der Waals surface area contributed by atoms with Crippen LogP contribution in [-0.2, 0) is 6.54 Å². The zero-order valence-electron chi connectivity index (χ0n) is 15.0. The molecule has 0 radical (unpaired) electrons. The average Bonchev–Trinajstić information content (AvgIpc) is 3.39. The Hall–Kier alpha value is -2.99. The van der Waals surface area contributed by atoms with Gasteiger partial charge in [-0.3, -0.25) is 4.90 Å². The SMILES string of the molecule is c1coc(-c2ncc(CN3CCC[C@H](c4nc5ccccc5[nH]4)C3)cn2)c1. The molecule has 1 aliphatic rings. The van der Waals surface area contributed by atoms with E-state index in [0.717, 1.165) is 42.1 Å². The van der Waals surface area contributed by atoms with Crippen LogP contribution in [0.1, 0.15) is 30.1 Å². The lowest BCUT2D eigenvalue weighted by molar-refractivity contribution is 0.197. The third-order valence-corrected chi connectivity index (χ3v) is 5.15. The van der Waals surface area contributed by atoms with Gasteiger partial charge in [0, 0.05) is 37.0 Å². The highest BCUT2D eigenvalue weighted by molar-refractivity contribution is 5.74. The average molecular weight is 359 g/mol. The number of rotatable bonds is 4.